The molecule has 3 aromatic rings. The molecule has 0 atom stereocenters. The Morgan fingerprint density at radius 3 is 2.52 bits per heavy atom. The zero-order chi connectivity index (χ0) is 20.9. The summed E-state index contributed by atoms with van der Waals surface area (Å²) >= 11 is 0. The Hall–Kier alpha value is -3.97. The number of anilines is 1. The molecule has 7 nitrogen and oxygen atoms in total. The Morgan fingerprint density at radius 2 is 1.90 bits per heavy atom. The Kier molecular flexibility index (Phi) is 5.71. The second-order valence-corrected chi connectivity index (χ2v) is 7.21. The van der Waals surface area contributed by atoms with Crippen molar-refractivity contribution in [2.24, 2.45) is 0 Å². The maximum atomic E-state index is 12.3. The summed E-state index contributed by atoms with van der Waals surface area (Å²) in [6.45, 7) is 4.16. The van der Waals surface area contributed by atoms with E-state index in [2.05, 4.69) is 21.5 Å². The molecule has 1 N–H and O–H groups in total. The lowest BCUT2D eigenvalue weighted by Crippen LogP contribution is -2.16. The molecule has 0 saturated heterocycles. The molecule has 0 bridgehead atoms. The molecule has 0 aliphatic rings. The molecule has 0 unspecified atom stereocenters. The number of aromatic nitrogens is 3. The number of benzene rings is 1. The standard InChI is InChI=1S/C22H20N6O/c1-22(2,15-24)18-6-3-16(4-7-18)11-21(29)26-20-9-10-28(27-20)14-19-8-5-17(12-23)13-25-19/h3-10,13H,11,14H2,1-2H3,(H,26,27,29). The molecule has 144 valence electrons. The van der Waals surface area contributed by atoms with Crippen molar-refractivity contribution in [3.63, 3.8) is 0 Å². The predicted molar refractivity (Wildman–Crippen MR) is 108 cm³/mol. The average molecular weight is 384 g/mol. The molecule has 0 saturated carbocycles. The van der Waals surface area contributed by atoms with Crippen LogP contribution >= 0.6 is 0 Å². The zero-order valence-corrected chi connectivity index (χ0v) is 16.3. The number of pyridine rings is 1. The highest BCUT2D eigenvalue weighted by molar-refractivity contribution is 5.91. The van der Waals surface area contributed by atoms with Gasteiger partial charge in [-0.2, -0.15) is 15.6 Å². The summed E-state index contributed by atoms with van der Waals surface area (Å²) < 4.78 is 1.67. The number of carbonyl (C=O) groups is 1. The predicted octanol–water partition coefficient (Wildman–Crippen LogP) is 3.18. The minimum Gasteiger partial charge on any atom is -0.309 e. The average Bonchev–Trinajstić information content (AvgIpc) is 3.15. The minimum atomic E-state index is -0.558. The van der Waals surface area contributed by atoms with Crippen molar-refractivity contribution in [1.82, 2.24) is 14.8 Å². The van der Waals surface area contributed by atoms with Gasteiger partial charge in [0.15, 0.2) is 5.82 Å². The normalized spacial score (nSPS) is 10.8. The van der Waals surface area contributed by atoms with E-state index in [1.54, 1.807) is 29.1 Å². The van der Waals surface area contributed by atoms with Crippen molar-refractivity contribution in [2.45, 2.75) is 32.2 Å². The molecule has 0 aliphatic carbocycles. The van der Waals surface area contributed by atoms with Crippen molar-refractivity contribution >= 4 is 11.7 Å². The molecule has 0 spiro atoms. The summed E-state index contributed by atoms with van der Waals surface area (Å²) in [6.07, 6.45) is 3.50. The van der Waals surface area contributed by atoms with Gasteiger partial charge in [0.2, 0.25) is 5.91 Å². The quantitative estimate of drug-likeness (QED) is 0.702. The van der Waals surface area contributed by atoms with Crippen LogP contribution in [0.4, 0.5) is 5.82 Å². The fourth-order valence-corrected chi connectivity index (χ4v) is 2.74. The van der Waals surface area contributed by atoms with Crippen LogP contribution in [0.5, 0.6) is 0 Å². The molecule has 2 aromatic heterocycles. The number of nitrogens with zero attached hydrogens (tertiary/aromatic N) is 5. The number of hydrogen-bond acceptors (Lipinski definition) is 5. The Labute approximate surface area is 169 Å². The van der Waals surface area contributed by atoms with Crippen molar-refractivity contribution in [2.75, 3.05) is 5.32 Å². The van der Waals surface area contributed by atoms with Crippen LogP contribution in [0.15, 0.2) is 54.9 Å². The van der Waals surface area contributed by atoms with Crippen LogP contribution in [0.3, 0.4) is 0 Å². The van der Waals surface area contributed by atoms with E-state index in [4.69, 9.17) is 5.26 Å². The molecule has 29 heavy (non-hydrogen) atoms. The molecule has 0 aliphatic heterocycles. The number of carbonyl (C=O) groups excluding carboxylic acids is 1. The second kappa shape index (κ2) is 8.37. The highest BCUT2D eigenvalue weighted by Crippen LogP contribution is 2.22. The SMILES string of the molecule is CC(C)(C#N)c1ccc(CC(=O)Nc2ccn(Cc3ccc(C#N)cn3)n2)cc1. The molecule has 7 heteroatoms. The van der Waals surface area contributed by atoms with E-state index in [0.29, 0.717) is 17.9 Å². The first kappa shape index (κ1) is 19.8. The van der Waals surface area contributed by atoms with E-state index in [-0.39, 0.29) is 12.3 Å². The van der Waals surface area contributed by atoms with Crippen LogP contribution in [-0.4, -0.2) is 20.7 Å². The van der Waals surface area contributed by atoms with E-state index in [0.717, 1.165) is 16.8 Å². The van der Waals surface area contributed by atoms with Crippen molar-refractivity contribution in [1.29, 1.82) is 10.5 Å². The third-order valence-corrected chi connectivity index (χ3v) is 4.51. The first-order valence-corrected chi connectivity index (χ1v) is 9.08. The summed E-state index contributed by atoms with van der Waals surface area (Å²) in [5.74, 6) is 0.296. The minimum absolute atomic E-state index is 0.168. The Bertz CT molecular complexity index is 1080. The van der Waals surface area contributed by atoms with Gasteiger partial charge >= 0.3 is 0 Å². The lowest BCUT2D eigenvalue weighted by molar-refractivity contribution is -0.115. The van der Waals surface area contributed by atoms with Crippen molar-refractivity contribution in [3.8, 4) is 12.1 Å². The summed E-state index contributed by atoms with van der Waals surface area (Å²) in [7, 11) is 0. The van der Waals surface area contributed by atoms with Gasteiger partial charge in [0.1, 0.15) is 6.07 Å². The van der Waals surface area contributed by atoms with E-state index in [1.165, 1.54) is 6.20 Å². The largest absolute Gasteiger partial charge is 0.309 e. The van der Waals surface area contributed by atoms with Gasteiger partial charge in [-0.1, -0.05) is 24.3 Å². The number of hydrogen-bond donors (Lipinski definition) is 1. The van der Waals surface area contributed by atoms with Crippen molar-refractivity contribution in [3.05, 3.63) is 77.2 Å². The van der Waals surface area contributed by atoms with E-state index in [9.17, 15) is 10.1 Å². The number of nitrogens with one attached hydrogen (secondary N) is 1. The summed E-state index contributed by atoms with van der Waals surface area (Å²) in [5.41, 5.74) is 2.49. The van der Waals surface area contributed by atoms with Gasteiger partial charge in [-0.05, 0) is 37.1 Å². The molecular weight excluding hydrogens is 364 g/mol. The molecule has 1 amide bonds. The molecule has 0 radical (unpaired) electrons. The summed E-state index contributed by atoms with van der Waals surface area (Å²) in [5, 5.41) is 25.1. The monoisotopic (exact) mass is 384 g/mol. The Morgan fingerprint density at radius 1 is 1.14 bits per heavy atom. The molecule has 2 heterocycles. The first-order chi connectivity index (χ1) is 13.9. The van der Waals surface area contributed by atoms with Gasteiger partial charge < -0.3 is 5.32 Å². The maximum Gasteiger partial charge on any atom is 0.229 e. The van der Waals surface area contributed by atoms with Crippen molar-refractivity contribution < 1.29 is 4.79 Å². The van der Waals surface area contributed by atoms with Gasteiger partial charge in [0.25, 0.3) is 0 Å². The van der Waals surface area contributed by atoms with Crippen LogP contribution in [0.1, 0.15) is 36.2 Å². The fourth-order valence-electron chi connectivity index (χ4n) is 2.74. The molecular formula is C22H20N6O. The topological polar surface area (TPSA) is 107 Å². The van der Waals surface area contributed by atoms with Gasteiger partial charge in [-0.15, -0.1) is 0 Å². The van der Waals surface area contributed by atoms with E-state index >= 15 is 0 Å². The van der Waals surface area contributed by atoms with Crippen LogP contribution < -0.4 is 5.32 Å². The van der Waals surface area contributed by atoms with E-state index in [1.807, 2.05) is 44.2 Å². The summed E-state index contributed by atoms with van der Waals surface area (Å²) in [6, 6.07) is 17.0. The van der Waals surface area contributed by atoms with Crippen LogP contribution in [-0.2, 0) is 23.2 Å². The highest BCUT2D eigenvalue weighted by atomic mass is 16.1. The molecule has 0 fully saturated rings. The van der Waals surface area contributed by atoms with Gasteiger partial charge in [0, 0.05) is 18.5 Å². The zero-order valence-electron chi connectivity index (χ0n) is 16.3. The highest BCUT2D eigenvalue weighted by Gasteiger charge is 2.19. The summed E-state index contributed by atoms with van der Waals surface area (Å²) in [4.78, 5) is 16.5. The second-order valence-electron chi connectivity index (χ2n) is 7.21. The number of nitriles is 2. The van der Waals surface area contributed by atoms with E-state index < -0.39 is 5.41 Å². The maximum absolute atomic E-state index is 12.3. The van der Waals surface area contributed by atoms with Crippen LogP contribution in [0, 0.1) is 22.7 Å². The molecule has 3 rings (SSSR count). The third-order valence-electron chi connectivity index (χ3n) is 4.51. The van der Waals surface area contributed by atoms with Gasteiger partial charge in [-0.3, -0.25) is 14.5 Å². The lowest BCUT2D eigenvalue weighted by Gasteiger charge is -2.15. The van der Waals surface area contributed by atoms with Crippen LogP contribution in [0.25, 0.3) is 0 Å². The smallest absolute Gasteiger partial charge is 0.229 e. The van der Waals surface area contributed by atoms with Gasteiger partial charge in [0.05, 0.1) is 35.7 Å². The third kappa shape index (κ3) is 5.06. The lowest BCUT2D eigenvalue weighted by atomic mass is 9.86. The Balaban J connectivity index is 1.57. The first-order valence-electron chi connectivity index (χ1n) is 9.08. The molecule has 1 aromatic carbocycles. The van der Waals surface area contributed by atoms with Gasteiger partial charge in [-0.25, -0.2) is 0 Å². The fraction of sp³-hybridized carbons (Fsp3) is 0.227. The van der Waals surface area contributed by atoms with Crippen LogP contribution in [0.2, 0.25) is 0 Å². The number of rotatable bonds is 6. The number of amides is 1.